The first-order valence-corrected chi connectivity index (χ1v) is 8.34. The third kappa shape index (κ3) is 4.77. The number of carbonyl (C=O) groups excluding carboxylic acids is 2. The van der Waals surface area contributed by atoms with Crippen LogP contribution < -0.4 is 10.6 Å². The smallest absolute Gasteiger partial charge is 0.255 e. The molecule has 126 valence electrons. The SMILES string of the molecule is O=C(Cc1ccc(NC(=O)c2ccc(Br)cc2)cc1)Nc1ccn[nH]1. The number of aromatic nitrogens is 2. The van der Waals surface area contributed by atoms with Gasteiger partial charge in [0.1, 0.15) is 5.82 Å². The lowest BCUT2D eigenvalue weighted by atomic mass is 10.1. The van der Waals surface area contributed by atoms with Gasteiger partial charge in [-0.3, -0.25) is 14.7 Å². The number of anilines is 2. The van der Waals surface area contributed by atoms with E-state index in [1.54, 1.807) is 36.5 Å². The van der Waals surface area contributed by atoms with Crippen molar-refractivity contribution >= 4 is 39.2 Å². The Morgan fingerprint density at radius 3 is 2.32 bits per heavy atom. The van der Waals surface area contributed by atoms with Gasteiger partial charge in [-0.1, -0.05) is 28.1 Å². The molecule has 6 nitrogen and oxygen atoms in total. The summed E-state index contributed by atoms with van der Waals surface area (Å²) in [6.45, 7) is 0. The highest BCUT2D eigenvalue weighted by atomic mass is 79.9. The van der Waals surface area contributed by atoms with Crippen molar-refractivity contribution in [2.75, 3.05) is 10.6 Å². The molecule has 0 bridgehead atoms. The number of hydrogen-bond donors (Lipinski definition) is 3. The highest BCUT2D eigenvalue weighted by Crippen LogP contribution is 2.14. The number of carbonyl (C=O) groups is 2. The maximum absolute atomic E-state index is 12.2. The minimum Gasteiger partial charge on any atom is -0.322 e. The quantitative estimate of drug-likeness (QED) is 0.613. The van der Waals surface area contributed by atoms with Crippen molar-refractivity contribution in [3.8, 4) is 0 Å². The van der Waals surface area contributed by atoms with E-state index in [2.05, 4.69) is 36.8 Å². The second-order valence-corrected chi connectivity index (χ2v) is 6.27. The van der Waals surface area contributed by atoms with Crippen molar-refractivity contribution < 1.29 is 9.59 Å². The number of aromatic amines is 1. The van der Waals surface area contributed by atoms with Crippen LogP contribution in [0.5, 0.6) is 0 Å². The van der Waals surface area contributed by atoms with E-state index in [0.29, 0.717) is 17.1 Å². The molecule has 0 unspecified atom stereocenters. The molecular weight excluding hydrogens is 384 g/mol. The Labute approximate surface area is 152 Å². The first kappa shape index (κ1) is 16.9. The molecule has 0 radical (unpaired) electrons. The standard InChI is InChI=1S/C18H15BrN4O2/c19-14-5-3-13(4-6-14)18(25)21-15-7-1-12(2-8-15)11-17(24)22-16-9-10-20-23-16/h1-10H,11H2,(H,21,25)(H2,20,22,23,24). The minimum absolute atomic E-state index is 0.143. The molecule has 2 aromatic carbocycles. The zero-order chi connectivity index (χ0) is 17.6. The Morgan fingerprint density at radius 2 is 1.68 bits per heavy atom. The van der Waals surface area contributed by atoms with Gasteiger partial charge in [-0.25, -0.2) is 0 Å². The van der Waals surface area contributed by atoms with E-state index in [0.717, 1.165) is 10.0 Å². The first-order valence-electron chi connectivity index (χ1n) is 7.55. The molecule has 0 saturated heterocycles. The first-order chi connectivity index (χ1) is 12.1. The number of hydrogen-bond acceptors (Lipinski definition) is 3. The number of halogens is 1. The van der Waals surface area contributed by atoms with Crippen LogP contribution in [0.4, 0.5) is 11.5 Å². The molecule has 2 amide bonds. The molecule has 0 saturated carbocycles. The lowest BCUT2D eigenvalue weighted by molar-refractivity contribution is -0.115. The Hall–Kier alpha value is -2.93. The average Bonchev–Trinajstić information content (AvgIpc) is 3.10. The maximum atomic E-state index is 12.2. The second kappa shape index (κ2) is 7.76. The Morgan fingerprint density at radius 1 is 0.960 bits per heavy atom. The molecule has 0 aliphatic heterocycles. The van der Waals surface area contributed by atoms with Crippen molar-refractivity contribution in [2.24, 2.45) is 0 Å². The number of nitrogens with one attached hydrogen (secondary N) is 3. The molecular formula is C18H15BrN4O2. The molecule has 1 aromatic heterocycles. The summed E-state index contributed by atoms with van der Waals surface area (Å²) in [6, 6.07) is 16.0. The molecule has 25 heavy (non-hydrogen) atoms. The fourth-order valence-electron chi connectivity index (χ4n) is 2.22. The molecule has 0 atom stereocenters. The lowest BCUT2D eigenvalue weighted by Crippen LogP contribution is -2.15. The molecule has 0 aliphatic rings. The van der Waals surface area contributed by atoms with Gasteiger partial charge in [0.2, 0.25) is 5.91 Å². The van der Waals surface area contributed by atoms with Crippen LogP contribution in [0.2, 0.25) is 0 Å². The van der Waals surface area contributed by atoms with E-state index in [1.807, 2.05) is 24.3 Å². The van der Waals surface area contributed by atoms with Crippen molar-refractivity contribution in [2.45, 2.75) is 6.42 Å². The molecule has 3 rings (SSSR count). The third-order valence-corrected chi connectivity index (χ3v) is 3.99. The van der Waals surface area contributed by atoms with Crippen LogP contribution in [0.1, 0.15) is 15.9 Å². The van der Waals surface area contributed by atoms with Gasteiger partial charge in [0.25, 0.3) is 5.91 Å². The summed E-state index contributed by atoms with van der Waals surface area (Å²) in [4.78, 5) is 24.1. The predicted molar refractivity (Wildman–Crippen MR) is 99.5 cm³/mol. The number of amides is 2. The van der Waals surface area contributed by atoms with E-state index in [-0.39, 0.29) is 18.2 Å². The maximum Gasteiger partial charge on any atom is 0.255 e. The van der Waals surface area contributed by atoms with Gasteiger partial charge in [-0.15, -0.1) is 0 Å². The summed E-state index contributed by atoms with van der Waals surface area (Å²) in [5, 5.41) is 12.0. The van der Waals surface area contributed by atoms with Crippen molar-refractivity contribution in [3.63, 3.8) is 0 Å². The minimum atomic E-state index is -0.183. The van der Waals surface area contributed by atoms with Crippen LogP contribution in [0.3, 0.4) is 0 Å². The van der Waals surface area contributed by atoms with Gasteiger partial charge in [-0.05, 0) is 42.0 Å². The zero-order valence-electron chi connectivity index (χ0n) is 13.1. The number of benzene rings is 2. The highest BCUT2D eigenvalue weighted by Gasteiger charge is 2.07. The molecule has 7 heteroatoms. The predicted octanol–water partition coefficient (Wildman–Crippen LogP) is 3.61. The largest absolute Gasteiger partial charge is 0.322 e. The van der Waals surface area contributed by atoms with Gasteiger partial charge in [-0.2, -0.15) is 5.10 Å². The van der Waals surface area contributed by atoms with Crippen LogP contribution in [0, 0.1) is 0 Å². The Kier molecular flexibility index (Phi) is 5.25. The molecule has 0 aliphatic carbocycles. The summed E-state index contributed by atoms with van der Waals surface area (Å²) >= 11 is 3.34. The monoisotopic (exact) mass is 398 g/mol. The van der Waals surface area contributed by atoms with Crippen LogP contribution in [-0.4, -0.2) is 22.0 Å². The molecule has 3 N–H and O–H groups in total. The number of rotatable bonds is 5. The van der Waals surface area contributed by atoms with E-state index < -0.39 is 0 Å². The molecule has 3 aromatic rings. The zero-order valence-corrected chi connectivity index (χ0v) is 14.7. The fourth-order valence-corrected chi connectivity index (χ4v) is 2.48. The van der Waals surface area contributed by atoms with Gasteiger partial charge >= 0.3 is 0 Å². The molecule has 0 spiro atoms. The van der Waals surface area contributed by atoms with Gasteiger partial charge in [0.05, 0.1) is 12.6 Å². The van der Waals surface area contributed by atoms with E-state index in [1.165, 1.54) is 0 Å². The molecule has 1 heterocycles. The Bertz CT molecular complexity index is 859. The number of nitrogens with zero attached hydrogens (tertiary/aromatic N) is 1. The van der Waals surface area contributed by atoms with Crippen LogP contribution in [0.25, 0.3) is 0 Å². The van der Waals surface area contributed by atoms with Crippen LogP contribution in [0.15, 0.2) is 65.3 Å². The van der Waals surface area contributed by atoms with Crippen LogP contribution in [-0.2, 0) is 11.2 Å². The summed E-state index contributed by atoms with van der Waals surface area (Å²) in [6.07, 6.45) is 1.80. The number of H-pyrrole nitrogens is 1. The fraction of sp³-hybridized carbons (Fsp3) is 0.0556. The van der Waals surface area contributed by atoms with Crippen LogP contribution >= 0.6 is 15.9 Å². The second-order valence-electron chi connectivity index (χ2n) is 5.35. The summed E-state index contributed by atoms with van der Waals surface area (Å²) < 4.78 is 0.918. The van der Waals surface area contributed by atoms with Crippen molar-refractivity contribution in [1.29, 1.82) is 0 Å². The third-order valence-electron chi connectivity index (χ3n) is 3.46. The summed E-state index contributed by atoms with van der Waals surface area (Å²) in [5.41, 5.74) is 2.09. The molecule has 0 fully saturated rings. The van der Waals surface area contributed by atoms with Gasteiger partial charge in [0, 0.05) is 21.8 Å². The lowest BCUT2D eigenvalue weighted by Gasteiger charge is -2.07. The average molecular weight is 399 g/mol. The summed E-state index contributed by atoms with van der Waals surface area (Å²) in [5.74, 6) is 0.233. The Balaban J connectivity index is 1.57. The van der Waals surface area contributed by atoms with Gasteiger partial charge in [0.15, 0.2) is 0 Å². The topological polar surface area (TPSA) is 86.9 Å². The highest BCUT2D eigenvalue weighted by molar-refractivity contribution is 9.10. The normalized spacial score (nSPS) is 10.3. The van der Waals surface area contributed by atoms with Gasteiger partial charge < -0.3 is 10.6 Å². The van der Waals surface area contributed by atoms with Crippen molar-refractivity contribution in [3.05, 3.63) is 76.4 Å². The summed E-state index contributed by atoms with van der Waals surface area (Å²) in [7, 11) is 0. The van der Waals surface area contributed by atoms with E-state index >= 15 is 0 Å². The van der Waals surface area contributed by atoms with E-state index in [4.69, 9.17) is 0 Å². The van der Waals surface area contributed by atoms with E-state index in [9.17, 15) is 9.59 Å². The van der Waals surface area contributed by atoms with Crippen molar-refractivity contribution in [1.82, 2.24) is 10.2 Å².